The van der Waals surface area contributed by atoms with Crippen LogP contribution in [0.3, 0.4) is 0 Å². The molecule has 0 radical (unpaired) electrons. The van der Waals surface area contributed by atoms with E-state index in [1.807, 2.05) is 0 Å². The van der Waals surface area contributed by atoms with Crippen LogP contribution < -0.4 is 10.6 Å². The Balaban J connectivity index is 1.34. The number of ether oxygens (including phenoxy) is 1. The summed E-state index contributed by atoms with van der Waals surface area (Å²) in [5.41, 5.74) is 1.11. The highest BCUT2D eigenvalue weighted by Gasteiger charge is 2.40. The molecule has 0 aromatic heterocycles. The molecule has 3 rings (SSSR count). The van der Waals surface area contributed by atoms with E-state index in [4.69, 9.17) is 9.84 Å². The molecule has 2 aliphatic rings. The highest BCUT2D eigenvalue weighted by atomic mass is 16.5. The van der Waals surface area contributed by atoms with Crippen LogP contribution in [0.5, 0.6) is 0 Å². The van der Waals surface area contributed by atoms with Gasteiger partial charge in [-0.1, -0.05) is 12.1 Å². The second kappa shape index (κ2) is 7.00. The molecule has 2 fully saturated rings. The lowest BCUT2D eigenvalue weighted by atomic mass is 9.87. The quantitative estimate of drug-likeness (QED) is 0.750. The minimum atomic E-state index is -0.952. The van der Waals surface area contributed by atoms with Crippen molar-refractivity contribution in [3.63, 3.8) is 0 Å². The number of carboxylic acids is 1. The van der Waals surface area contributed by atoms with E-state index in [-0.39, 0.29) is 11.6 Å². The maximum atomic E-state index is 11.8. The van der Waals surface area contributed by atoms with Crippen molar-refractivity contribution in [2.24, 2.45) is 5.92 Å². The van der Waals surface area contributed by atoms with E-state index in [0.717, 1.165) is 24.8 Å². The van der Waals surface area contributed by atoms with Crippen LogP contribution >= 0.6 is 0 Å². The highest BCUT2D eigenvalue weighted by molar-refractivity contribution is 5.87. The second-order valence-corrected chi connectivity index (χ2v) is 6.27. The zero-order valence-electron chi connectivity index (χ0n) is 13.0. The first-order valence-electron chi connectivity index (χ1n) is 8.11. The molecule has 2 heterocycles. The van der Waals surface area contributed by atoms with Crippen LogP contribution in [-0.4, -0.2) is 35.9 Å². The number of amides is 2. The molecule has 1 aromatic carbocycles. The maximum Gasteiger partial charge on any atom is 0.335 e. The molecule has 0 spiro atoms. The number of hydrogen-bond donors (Lipinski definition) is 3. The van der Waals surface area contributed by atoms with Crippen LogP contribution in [0, 0.1) is 5.92 Å². The molecule has 2 aliphatic heterocycles. The number of carbonyl (C=O) groups excluding carboxylic acids is 1. The number of hydrogen-bond acceptors (Lipinski definition) is 3. The van der Waals surface area contributed by atoms with Crippen molar-refractivity contribution >= 4 is 12.0 Å². The van der Waals surface area contributed by atoms with E-state index < -0.39 is 5.97 Å². The Bertz CT molecular complexity index is 572. The predicted molar refractivity (Wildman–Crippen MR) is 84.3 cm³/mol. The van der Waals surface area contributed by atoms with Crippen LogP contribution in [0.15, 0.2) is 24.3 Å². The smallest absolute Gasteiger partial charge is 0.335 e. The van der Waals surface area contributed by atoms with Crippen molar-refractivity contribution in [1.29, 1.82) is 0 Å². The number of urea groups is 1. The van der Waals surface area contributed by atoms with Crippen molar-refractivity contribution in [3.05, 3.63) is 35.4 Å². The molecule has 6 heteroatoms. The van der Waals surface area contributed by atoms with Gasteiger partial charge in [0.05, 0.1) is 17.8 Å². The molecule has 1 aromatic rings. The van der Waals surface area contributed by atoms with Crippen LogP contribution in [0.4, 0.5) is 4.79 Å². The zero-order chi connectivity index (χ0) is 16.2. The van der Waals surface area contributed by atoms with E-state index >= 15 is 0 Å². The number of rotatable bonds is 6. The summed E-state index contributed by atoms with van der Waals surface area (Å²) in [5.74, 6) is -0.371. The maximum absolute atomic E-state index is 11.8. The summed E-state index contributed by atoms with van der Waals surface area (Å²) in [6, 6.07) is 6.28. The van der Waals surface area contributed by atoms with Crippen molar-refractivity contribution in [2.45, 2.75) is 44.4 Å². The monoisotopic (exact) mass is 318 g/mol. The Hall–Kier alpha value is -2.08. The van der Waals surface area contributed by atoms with Gasteiger partial charge in [0.15, 0.2) is 0 Å². The molecule has 124 valence electrons. The number of nitrogens with one attached hydrogen (secondary N) is 2. The standard InChI is InChI=1S/C17H22N2O4/c20-16(21)12-3-1-11(2-4-12)10-19-17(22)18-8-7-13-9-14-5-6-15(13)23-14/h1-4,13-15H,5-10H2,(H,20,21)(H2,18,19,22). The molecular weight excluding hydrogens is 296 g/mol. The predicted octanol–water partition coefficient (Wildman–Crippen LogP) is 2.14. The van der Waals surface area contributed by atoms with Crippen LogP contribution in [0.1, 0.15) is 41.6 Å². The van der Waals surface area contributed by atoms with Gasteiger partial charge >= 0.3 is 12.0 Å². The molecule has 2 amide bonds. The lowest BCUT2D eigenvalue weighted by Crippen LogP contribution is -2.36. The highest BCUT2D eigenvalue weighted by Crippen LogP contribution is 2.40. The normalized spacial score (nSPS) is 25.3. The molecule has 23 heavy (non-hydrogen) atoms. The number of benzene rings is 1. The van der Waals surface area contributed by atoms with Crippen molar-refractivity contribution in [2.75, 3.05) is 6.54 Å². The van der Waals surface area contributed by atoms with Crippen molar-refractivity contribution in [3.8, 4) is 0 Å². The van der Waals surface area contributed by atoms with Gasteiger partial charge in [-0.05, 0) is 49.3 Å². The minimum Gasteiger partial charge on any atom is -0.478 e. The van der Waals surface area contributed by atoms with Crippen LogP contribution in [0.25, 0.3) is 0 Å². The summed E-state index contributed by atoms with van der Waals surface area (Å²) >= 11 is 0. The third-order valence-corrected chi connectivity index (χ3v) is 4.69. The lowest BCUT2D eigenvalue weighted by Gasteiger charge is -2.18. The summed E-state index contributed by atoms with van der Waals surface area (Å²) in [7, 11) is 0. The number of carboxylic acid groups (broad SMARTS) is 1. The third-order valence-electron chi connectivity index (χ3n) is 4.69. The largest absolute Gasteiger partial charge is 0.478 e. The third kappa shape index (κ3) is 4.01. The summed E-state index contributed by atoms with van der Waals surface area (Å²) in [6.45, 7) is 1.03. The van der Waals surface area contributed by atoms with Gasteiger partial charge in [-0.15, -0.1) is 0 Å². The van der Waals surface area contributed by atoms with E-state index in [1.54, 1.807) is 12.1 Å². The molecule has 0 saturated carbocycles. The summed E-state index contributed by atoms with van der Waals surface area (Å²) < 4.78 is 5.80. The Kier molecular flexibility index (Phi) is 4.81. The summed E-state index contributed by atoms with van der Waals surface area (Å²) in [5, 5.41) is 14.5. The molecule has 3 unspecified atom stereocenters. The number of aromatic carboxylic acids is 1. The Labute approximate surface area is 135 Å². The Morgan fingerprint density at radius 1 is 1.17 bits per heavy atom. The van der Waals surface area contributed by atoms with Gasteiger partial charge in [0.2, 0.25) is 0 Å². The lowest BCUT2D eigenvalue weighted by molar-refractivity contribution is 0.0696. The van der Waals surface area contributed by atoms with Gasteiger partial charge in [0, 0.05) is 13.1 Å². The topological polar surface area (TPSA) is 87.7 Å². The average Bonchev–Trinajstić information content (AvgIpc) is 3.16. The first-order valence-corrected chi connectivity index (χ1v) is 8.11. The SMILES string of the molecule is O=C(NCCC1CC2CCC1O2)NCc1ccc(C(=O)O)cc1. The first-order chi connectivity index (χ1) is 11.1. The van der Waals surface area contributed by atoms with E-state index in [0.29, 0.717) is 31.2 Å². The molecular formula is C17H22N2O4. The van der Waals surface area contributed by atoms with Gasteiger partial charge in [-0.25, -0.2) is 9.59 Å². The second-order valence-electron chi connectivity index (χ2n) is 6.27. The number of carbonyl (C=O) groups is 2. The molecule has 0 aliphatic carbocycles. The van der Waals surface area contributed by atoms with Gasteiger partial charge in [-0.2, -0.15) is 0 Å². The van der Waals surface area contributed by atoms with E-state index in [2.05, 4.69) is 10.6 Å². The van der Waals surface area contributed by atoms with Gasteiger partial charge < -0.3 is 20.5 Å². The average molecular weight is 318 g/mol. The zero-order valence-corrected chi connectivity index (χ0v) is 13.0. The molecule has 2 saturated heterocycles. The van der Waals surface area contributed by atoms with Crippen LogP contribution in [0.2, 0.25) is 0 Å². The van der Waals surface area contributed by atoms with Gasteiger partial charge in [0.1, 0.15) is 0 Å². The van der Waals surface area contributed by atoms with Crippen LogP contribution in [-0.2, 0) is 11.3 Å². The summed E-state index contributed by atoms with van der Waals surface area (Å²) in [4.78, 5) is 22.5. The first kappa shape index (κ1) is 15.8. The summed E-state index contributed by atoms with van der Waals surface area (Å²) in [6.07, 6.45) is 5.29. The van der Waals surface area contributed by atoms with Gasteiger partial charge in [-0.3, -0.25) is 0 Å². The van der Waals surface area contributed by atoms with Crippen molar-refractivity contribution in [1.82, 2.24) is 10.6 Å². The van der Waals surface area contributed by atoms with E-state index in [1.165, 1.54) is 18.6 Å². The van der Waals surface area contributed by atoms with Gasteiger partial charge in [0.25, 0.3) is 0 Å². The molecule has 3 N–H and O–H groups in total. The fourth-order valence-electron chi connectivity index (χ4n) is 3.43. The fraction of sp³-hybridized carbons (Fsp3) is 0.529. The van der Waals surface area contributed by atoms with Crippen molar-refractivity contribution < 1.29 is 19.4 Å². The minimum absolute atomic E-state index is 0.198. The molecule has 6 nitrogen and oxygen atoms in total. The van der Waals surface area contributed by atoms with E-state index in [9.17, 15) is 9.59 Å². The Morgan fingerprint density at radius 2 is 1.96 bits per heavy atom. The molecule has 3 atom stereocenters. The Morgan fingerprint density at radius 3 is 2.57 bits per heavy atom. The number of fused-ring (bicyclic) bond motifs is 2. The fourth-order valence-corrected chi connectivity index (χ4v) is 3.43. The molecule has 2 bridgehead atoms.